The second-order valence-electron chi connectivity index (χ2n) is 33.6. The Bertz CT molecular complexity index is 8670. The van der Waals surface area contributed by atoms with Gasteiger partial charge in [-0.15, -0.1) is 0 Å². The molecule has 0 aliphatic carbocycles. The SMILES string of the molecule is CC(c1cc2ccccc2nc1-c1ccccc1)n1nc(-c2cc(O)cc(F)c2)c2c(N)ncnc21.CC(c1cc2ccccc2nc1-c1ccccc1)n1nc(-c2cccc(O)c2)c2c(N)ncnc21.CCN(CC)c1nc2ccccc2cc1Cn1nc(-c2cc(O)cc(F)c2)c2c(N)ncnc21.Cc1ccncc1-c1nc2ccccc2cc1Cn1nc(-c2cc(O)cc(F)c2)c2c(N)ncnc21. The number of halogens is 3. The average Bonchev–Trinajstić information content (AvgIpc) is 1.62. The van der Waals surface area contributed by atoms with Crippen molar-refractivity contribution in [2.24, 2.45) is 0 Å². The minimum Gasteiger partial charge on any atom is -0.508 e. The first-order valence-electron chi connectivity index (χ1n) is 45.1. The van der Waals surface area contributed by atoms with Gasteiger partial charge >= 0.3 is 0 Å². The van der Waals surface area contributed by atoms with Gasteiger partial charge in [0.05, 0.1) is 85.9 Å². The van der Waals surface area contributed by atoms with Crippen molar-refractivity contribution in [2.75, 3.05) is 40.9 Å². The quantitative estimate of drug-likeness (QED) is 0.0395. The van der Waals surface area contributed by atoms with Gasteiger partial charge in [-0.05, 0) is 143 Å². The Morgan fingerprint density at radius 3 is 1.11 bits per heavy atom. The van der Waals surface area contributed by atoms with Crippen molar-refractivity contribution in [1.29, 1.82) is 0 Å². The van der Waals surface area contributed by atoms with E-state index in [9.17, 15) is 33.6 Å². The number of aryl methyl sites for hydroxylation is 1. The van der Waals surface area contributed by atoms with E-state index in [4.69, 9.17) is 63.3 Å². The van der Waals surface area contributed by atoms with Crippen molar-refractivity contribution < 1.29 is 33.6 Å². The van der Waals surface area contributed by atoms with Crippen LogP contribution in [0.2, 0.25) is 0 Å². The third-order valence-corrected chi connectivity index (χ3v) is 24.6. The van der Waals surface area contributed by atoms with Gasteiger partial charge in [-0.2, -0.15) is 20.4 Å². The van der Waals surface area contributed by atoms with Crippen molar-refractivity contribution in [2.45, 2.75) is 59.8 Å². The van der Waals surface area contributed by atoms with Crippen LogP contribution < -0.4 is 27.8 Å². The lowest BCUT2D eigenvalue weighted by molar-refractivity contribution is 0.468. The number of aromatic nitrogens is 21. The number of anilines is 5. The molecule has 0 spiro atoms. The summed E-state index contributed by atoms with van der Waals surface area (Å²) in [5.41, 5.74) is 44.7. The van der Waals surface area contributed by atoms with Crippen molar-refractivity contribution in [3.05, 3.63) is 350 Å². The molecule has 2 unspecified atom stereocenters. The fourth-order valence-corrected chi connectivity index (χ4v) is 17.8. The molecule has 141 heavy (non-hydrogen) atoms. The molecule has 0 aliphatic heterocycles. The summed E-state index contributed by atoms with van der Waals surface area (Å²) in [5.74, 6) is -0.330. The van der Waals surface area contributed by atoms with Crippen molar-refractivity contribution in [3.8, 4) is 102 Å². The van der Waals surface area contributed by atoms with Gasteiger partial charge in [0.1, 0.15) is 118 Å². The third kappa shape index (κ3) is 17.9. The van der Waals surface area contributed by atoms with Crippen LogP contribution in [0.25, 0.3) is 167 Å². The van der Waals surface area contributed by atoms with Gasteiger partial charge in [-0.25, -0.2) is 91.7 Å². The number of aromatic hydroxyl groups is 4. The molecular formula is C108H87F3N26O4. The number of pyridine rings is 5. The highest BCUT2D eigenvalue weighted by atomic mass is 19.1. The maximum absolute atomic E-state index is 14.2. The monoisotopic (exact) mass is 1870 g/mol. The number of nitrogens with two attached hydrogens (primary N) is 4. The Balaban J connectivity index is 0.000000115. The molecule has 0 fully saturated rings. The first-order valence-corrected chi connectivity index (χ1v) is 45.1. The lowest BCUT2D eigenvalue weighted by Gasteiger charge is -2.23. The number of nitrogen functional groups attached to an aromatic ring is 4. The van der Waals surface area contributed by atoms with E-state index in [0.29, 0.717) is 103 Å². The van der Waals surface area contributed by atoms with Crippen LogP contribution in [-0.4, -0.2) is 137 Å². The number of phenols is 4. The van der Waals surface area contributed by atoms with E-state index in [1.54, 1.807) is 44.6 Å². The molecule has 30 nitrogen and oxygen atoms in total. The molecule has 694 valence electrons. The fraction of sp³-hybridized carbons (Fsp3) is 0.102. The normalized spacial score (nSPS) is 11.8. The van der Waals surface area contributed by atoms with Crippen LogP contribution in [0.4, 0.5) is 42.3 Å². The molecule has 13 aromatic heterocycles. The summed E-state index contributed by atoms with van der Waals surface area (Å²) in [6.07, 6.45) is 9.14. The molecule has 0 amide bonds. The summed E-state index contributed by atoms with van der Waals surface area (Å²) < 4.78 is 49.4. The average molecular weight is 1870 g/mol. The number of hydrogen-bond acceptors (Lipinski definition) is 26. The third-order valence-electron chi connectivity index (χ3n) is 24.6. The Morgan fingerprint density at radius 2 is 0.688 bits per heavy atom. The first kappa shape index (κ1) is 90.0. The van der Waals surface area contributed by atoms with Crippen LogP contribution in [0, 0.1) is 24.4 Å². The molecule has 2 atom stereocenters. The highest BCUT2D eigenvalue weighted by Crippen LogP contribution is 2.44. The van der Waals surface area contributed by atoms with Crippen molar-refractivity contribution >= 4 is 117 Å². The van der Waals surface area contributed by atoms with Crippen LogP contribution in [0.15, 0.2) is 305 Å². The zero-order chi connectivity index (χ0) is 97.4. The number of fused-ring (bicyclic) bond motifs is 8. The van der Waals surface area contributed by atoms with E-state index in [-0.39, 0.29) is 52.5 Å². The number of para-hydroxylation sites is 4. The van der Waals surface area contributed by atoms with Gasteiger partial charge in [0.2, 0.25) is 0 Å². The second-order valence-corrected chi connectivity index (χ2v) is 33.6. The van der Waals surface area contributed by atoms with E-state index in [1.807, 2.05) is 170 Å². The number of rotatable bonds is 18. The van der Waals surface area contributed by atoms with Gasteiger partial charge in [0.25, 0.3) is 0 Å². The summed E-state index contributed by atoms with van der Waals surface area (Å²) in [6.45, 7) is 12.6. The van der Waals surface area contributed by atoms with Gasteiger partial charge in [-0.1, -0.05) is 146 Å². The minimum atomic E-state index is -0.587. The largest absolute Gasteiger partial charge is 0.508 e. The highest BCUT2D eigenvalue weighted by molar-refractivity contribution is 6.03. The molecular weight excluding hydrogens is 1780 g/mol. The van der Waals surface area contributed by atoms with Crippen LogP contribution in [0.5, 0.6) is 23.0 Å². The summed E-state index contributed by atoms with van der Waals surface area (Å²) in [5, 5.41) is 65.4. The van der Waals surface area contributed by atoms with Crippen molar-refractivity contribution in [3.63, 3.8) is 0 Å². The summed E-state index contributed by atoms with van der Waals surface area (Å²) in [7, 11) is 0. The predicted molar refractivity (Wildman–Crippen MR) is 542 cm³/mol. The molecule has 0 saturated heterocycles. The molecule has 33 heteroatoms. The topological polar surface area (TPSA) is 427 Å². The van der Waals surface area contributed by atoms with Gasteiger partial charge in [0.15, 0.2) is 22.6 Å². The second kappa shape index (κ2) is 38.2. The van der Waals surface area contributed by atoms with Crippen LogP contribution >= 0.6 is 0 Å². The molecule has 0 aliphatic rings. The Morgan fingerprint density at radius 1 is 0.333 bits per heavy atom. The number of hydrogen-bond donors (Lipinski definition) is 8. The molecule has 10 aromatic carbocycles. The molecule has 12 N–H and O–H groups in total. The summed E-state index contributed by atoms with van der Waals surface area (Å²) in [6, 6.07) is 80.2. The molecule has 13 heterocycles. The minimum absolute atomic E-state index is 0.152. The standard InChI is InChI=1S/C28H21FN6O.C28H22N6O.C27H20FN7O.C25H24FN7O/c1-16(22-13-18-9-5-6-10-23(18)33-25(22)17-7-3-2-4-8-17)35-28-24(27(30)31-15-32-28)26(34-35)19-11-20(29)14-21(36)12-19;1-17(22-15-19-10-5-6-13-23(19)32-25(22)18-8-3-2-4-9-18)34-28-24(27(29)30-16-31-28)26(33-34)20-11-7-12-21(35)14-20;1-15-6-7-30-12-21(15)24-18(8-16-4-2-3-5-22(16)33-24)13-35-27-23(26(29)31-14-32-27)25(34-35)17-9-19(28)11-20(36)10-17;1-3-32(4-2)24-17(9-15-7-5-6-8-20(15)30-24)13-33-25-21(23(27)28-14-29-25)22(31-33)16-10-18(26)12-19(34)11-16/h2-16,36H,1H3,(H2,30,31,32);2-17,35H,1H3,(H2,29,30,31);2-12,14,36H,13H2,1H3,(H2,29,31,32);5-12,14,34H,3-4,13H2,1-2H3,(H2,27,28,29). The molecule has 0 bridgehead atoms. The summed E-state index contributed by atoms with van der Waals surface area (Å²) >= 11 is 0. The van der Waals surface area contributed by atoms with E-state index in [2.05, 4.69) is 113 Å². The molecule has 23 aromatic rings. The number of nitrogens with zero attached hydrogens (tertiary/aromatic N) is 22. The lowest BCUT2D eigenvalue weighted by atomic mass is 9.98. The number of phenolic OH excluding ortho intramolecular Hbond substituents is 4. The zero-order valence-corrected chi connectivity index (χ0v) is 76.4. The summed E-state index contributed by atoms with van der Waals surface area (Å²) in [4.78, 5) is 60.9. The maximum Gasteiger partial charge on any atom is 0.164 e. The predicted octanol–water partition coefficient (Wildman–Crippen LogP) is 20.6. The highest BCUT2D eigenvalue weighted by Gasteiger charge is 2.30. The van der Waals surface area contributed by atoms with Crippen LogP contribution in [-0.2, 0) is 13.1 Å². The molecule has 0 saturated carbocycles. The van der Waals surface area contributed by atoms with Gasteiger partial charge < -0.3 is 48.3 Å². The van der Waals surface area contributed by atoms with E-state index in [0.717, 1.165) is 148 Å². The molecule has 0 radical (unpaired) electrons. The van der Waals surface area contributed by atoms with Crippen LogP contribution in [0.3, 0.4) is 0 Å². The Kier molecular flexibility index (Phi) is 24.4. The van der Waals surface area contributed by atoms with Crippen LogP contribution in [0.1, 0.15) is 67.6 Å². The lowest BCUT2D eigenvalue weighted by Crippen LogP contribution is -2.25. The fourth-order valence-electron chi connectivity index (χ4n) is 17.8. The van der Waals surface area contributed by atoms with Gasteiger partial charge in [-0.3, -0.25) is 4.98 Å². The van der Waals surface area contributed by atoms with E-state index in [1.165, 1.54) is 61.7 Å². The maximum atomic E-state index is 14.2. The Labute approximate surface area is 802 Å². The van der Waals surface area contributed by atoms with Crippen molar-refractivity contribution in [1.82, 2.24) is 104 Å². The zero-order valence-electron chi connectivity index (χ0n) is 76.4. The van der Waals surface area contributed by atoms with E-state index < -0.39 is 17.5 Å². The smallest absolute Gasteiger partial charge is 0.164 e. The first-order chi connectivity index (χ1) is 68.5. The Hall–Kier alpha value is -18.8. The van der Waals surface area contributed by atoms with Gasteiger partial charge in [0, 0.05) is 126 Å². The number of benzene rings is 10. The molecule has 23 rings (SSSR count). The van der Waals surface area contributed by atoms with E-state index >= 15 is 0 Å².